The van der Waals surface area contributed by atoms with Crippen LogP contribution in [0.2, 0.25) is 0 Å². The van der Waals surface area contributed by atoms with E-state index < -0.39 is 0 Å². The first-order chi connectivity index (χ1) is 5.88. The van der Waals surface area contributed by atoms with Gasteiger partial charge in [-0.05, 0) is 17.7 Å². The van der Waals surface area contributed by atoms with E-state index in [0.29, 0.717) is 6.54 Å². The molecule has 0 spiro atoms. The number of nitrogens with two attached hydrogens (primary N) is 1. The monoisotopic (exact) mass is 163 g/mol. The van der Waals surface area contributed by atoms with Gasteiger partial charge in [0.15, 0.2) is 0 Å². The fourth-order valence-electron chi connectivity index (χ4n) is 0.889. The van der Waals surface area contributed by atoms with Crippen LogP contribution in [0.5, 0.6) is 0 Å². The van der Waals surface area contributed by atoms with Crippen LogP contribution >= 0.6 is 0 Å². The van der Waals surface area contributed by atoms with E-state index in [1.54, 1.807) is 6.21 Å². The minimum Gasteiger partial charge on any atom is -0.399 e. The molecule has 0 fully saturated rings. The lowest BCUT2D eigenvalue weighted by molar-refractivity contribution is 0.215. The Hall–Kier alpha value is -1.35. The van der Waals surface area contributed by atoms with E-state index in [2.05, 4.69) is 16.1 Å². The van der Waals surface area contributed by atoms with E-state index in [0.717, 1.165) is 11.1 Å². The summed E-state index contributed by atoms with van der Waals surface area (Å²) in [4.78, 5) is 4.56. The molecule has 0 aliphatic rings. The van der Waals surface area contributed by atoms with Crippen molar-refractivity contribution in [2.24, 2.45) is 10.9 Å². The van der Waals surface area contributed by atoms with E-state index in [1.807, 2.05) is 18.2 Å². The third-order valence-corrected chi connectivity index (χ3v) is 1.50. The maximum Gasteiger partial charge on any atom is 0.106 e. The third-order valence-electron chi connectivity index (χ3n) is 1.50. The van der Waals surface area contributed by atoms with Crippen molar-refractivity contribution in [2.45, 2.75) is 6.54 Å². The molecule has 1 rings (SSSR count). The molecule has 1 aromatic carbocycles. The zero-order valence-corrected chi connectivity index (χ0v) is 6.95. The van der Waals surface area contributed by atoms with Gasteiger partial charge in [0, 0.05) is 12.1 Å². The molecule has 0 aliphatic carbocycles. The second-order valence-corrected chi connectivity index (χ2v) is 2.25. The molecule has 0 aromatic heterocycles. The Kier molecular flexibility index (Phi) is 3.29. The normalized spacial score (nSPS) is 10.5. The van der Waals surface area contributed by atoms with Gasteiger partial charge in [-0.3, -0.25) is 0 Å². The summed E-state index contributed by atoms with van der Waals surface area (Å²) in [6.07, 6.45) is 1.63. The molecule has 0 amide bonds. The topological polar surface area (TPSA) is 47.6 Å². The molecule has 0 bridgehead atoms. The summed E-state index contributed by atoms with van der Waals surface area (Å²) in [5.41, 5.74) is 7.48. The Morgan fingerprint density at radius 1 is 1.75 bits per heavy atom. The highest BCUT2D eigenvalue weighted by atomic mass is 16.6. The first kappa shape index (κ1) is 8.74. The molecular weight excluding hydrogens is 152 g/mol. The summed E-state index contributed by atoms with van der Waals surface area (Å²) >= 11 is 0. The average molecular weight is 163 g/mol. The highest BCUT2D eigenvalue weighted by Gasteiger charge is 1.95. The maximum atomic E-state index is 5.50. The molecule has 0 aliphatic heterocycles. The van der Waals surface area contributed by atoms with Crippen LogP contribution in [-0.2, 0) is 11.4 Å². The van der Waals surface area contributed by atoms with E-state index in [4.69, 9.17) is 5.73 Å². The zero-order chi connectivity index (χ0) is 8.81. The molecule has 0 saturated carbocycles. The molecule has 2 N–H and O–H groups in total. The highest BCUT2D eigenvalue weighted by Crippen LogP contribution is 2.04. The molecule has 0 saturated heterocycles. The number of nitrogens with zero attached hydrogens (tertiary/aromatic N) is 1. The summed E-state index contributed by atoms with van der Waals surface area (Å²) in [6, 6.07) is 8.50. The van der Waals surface area contributed by atoms with E-state index in [-0.39, 0.29) is 0 Å². The molecule has 1 radical (unpaired) electrons. The predicted octanol–water partition coefficient (Wildman–Crippen LogP) is 0.926. The molecule has 3 heteroatoms. The Bertz CT molecular complexity index is 271. The van der Waals surface area contributed by atoms with Crippen LogP contribution in [-0.4, -0.2) is 13.3 Å². The fourth-order valence-corrected chi connectivity index (χ4v) is 0.889. The summed E-state index contributed by atoms with van der Waals surface area (Å²) in [5, 5.41) is 3.66. The van der Waals surface area contributed by atoms with Gasteiger partial charge in [-0.15, -0.1) is 0 Å². The van der Waals surface area contributed by atoms with Gasteiger partial charge >= 0.3 is 0 Å². The van der Waals surface area contributed by atoms with Crippen molar-refractivity contribution in [1.29, 1.82) is 0 Å². The fraction of sp³-hybridized carbons (Fsp3) is 0.222. The molecule has 1 aromatic rings. The van der Waals surface area contributed by atoms with Crippen molar-refractivity contribution >= 4 is 6.21 Å². The minimum atomic E-state index is 0.488. The van der Waals surface area contributed by atoms with Gasteiger partial charge in [0.2, 0.25) is 0 Å². The van der Waals surface area contributed by atoms with E-state index in [1.165, 1.54) is 7.11 Å². The lowest BCUT2D eigenvalue weighted by atomic mass is 10.1. The molecule has 3 nitrogen and oxygen atoms in total. The lowest BCUT2D eigenvalue weighted by Gasteiger charge is -1.99. The molecule has 0 unspecified atom stereocenters. The largest absolute Gasteiger partial charge is 0.399 e. The molecule has 12 heavy (non-hydrogen) atoms. The standard InChI is InChI=1S/C9H11N2O/c1-12-11-7-9-5-3-2-4-8(9)6-10/h3-5,7H,6,10H2,1H3. The zero-order valence-electron chi connectivity index (χ0n) is 6.95. The van der Waals surface area contributed by atoms with Crippen LogP contribution in [0.3, 0.4) is 0 Å². The summed E-state index contributed by atoms with van der Waals surface area (Å²) in [6.45, 7) is 0.488. The molecule has 0 heterocycles. The van der Waals surface area contributed by atoms with Crippen LogP contribution < -0.4 is 5.73 Å². The first-order valence-electron chi connectivity index (χ1n) is 3.64. The van der Waals surface area contributed by atoms with Crippen LogP contribution in [0.15, 0.2) is 23.4 Å². The Morgan fingerprint density at radius 3 is 3.25 bits per heavy atom. The number of hydrogen-bond donors (Lipinski definition) is 1. The van der Waals surface area contributed by atoms with Crippen LogP contribution in [0, 0.1) is 6.07 Å². The number of hydrogen-bond acceptors (Lipinski definition) is 3. The van der Waals surface area contributed by atoms with Gasteiger partial charge in [-0.2, -0.15) is 0 Å². The Balaban J connectivity index is 2.89. The number of rotatable bonds is 3. The van der Waals surface area contributed by atoms with Crippen molar-refractivity contribution < 1.29 is 4.84 Å². The van der Waals surface area contributed by atoms with E-state index in [9.17, 15) is 0 Å². The van der Waals surface area contributed by atoms with Gasteiger partial charge in [-0.25, -0.2) is 0 Å². The van der Waals surface area contributed by atoms with Crippen molar-refractivity contribution in [3.05, 3.63) is 35.4 Å². The second-order valence-electron chi connectivity index (χ2n) is 2.25. The van der Waals surface area contributed by atoms with Crippen molar-refractivity contribution in [3.8, 4) is 0 Å². The second kappa shape index (κ2) is 4.51. The average Bonchev–Trinajstić information content (AvgIpc) is 2.15. The highest BCUT2D eigenvalue weighted by molar-refractivity contribution is 5.81. The van der Waals surface area contributed by atoms with Crippen LogP contribution in [0.25, 0.3) is 0 Å². The minimum absolute atomic E-state index is 0.488. The SMILES string of the molecule is CON=Cc1cc[c]cc1CN. The van der Waals surface area contributed by atoms with Crippen LogP contribution in [0.4, 0.5) is 0 Å². The predicted molar refractivity (Wildman–Crippen MR) is 47.8 cm³/mol. The summed E-state index contributed by atoms with van der Waals surface area (Å²) in [7, 11) is 1.51. The summed E-state index contributed by atoms with van der Waals surface area (Å²) in [5.74, 6) is 0. The third kappa shape index (κ3) is 2.07. The smallest absolute Gasteiger partial charge is 0.106 e. The van der Waals surface area contributed by atoms with Gasteiger partial charge in [0.25, 0.3) is 0 Å². The van der Waals surface area contributed by atoms with Crippen molar-refractivity contribution in [3.63, 3.8) is 0 Å². The quantitative estimate of drug-likeness (QED) is 0.532. The first-order valence-corrected chi connectivity index (χ1v) is 3.64. The maximum absolute atomic E-state index is 5.50. The van der Waals surface area contributed by atoms with Gasteiger partial charge in [-0.1, -0.05) is 17.3 Å². The van der Waals surface area contributed by atoms with Gasteiger partial charge in [0.1, 0.15) is 7.11 Å². The molecule has 0 atom stereocenters. The van der Waals surface area contributed by atoms with Gasteiger partial charge in [0.05, 0.1) is 6.21 Å². The van der Waals surface area contributed by atoms with Crippen LogP contribution in [0.1, 0.15) is 11.1 Å². The molecule has 63 valence electrons. The van der Waals surface area contributed by atoms with Crippen molar-refractivity contribution in [1.82, 2.24) is 0 Å². The number of benzene rings is 1. The number of oxime groups is 1. The molecular formula is C9H11N2O. The van der Waals surface area contributed by atoms with Gasteiger partial charge < -0.3 is 10.6 Å². The van der Waals surface area contributed by atoms with Crippen molar-refractivity contribution in [2.75, 3.05) is 7.11 Å². The lowest BCUT2D eigenvalue weighted by Crippen LogP contribution is -2.00. The van der Waals surface area contributed by atoms with E-state index >= 15 is 0 Å². The Labute approximate surface area is 71.8 Å². The summed E-state index contributed by atoms with van der Waals surface area (Å²) < 4.78 is 0. The Morgan fingerprint density at radius 2 is 2.58 bits per heavy atom.